The van der Waals surface area contributed by atoms with Gasteiger partial charge in [0.05, 0.1) is 5.56 Å². The molecule has 0 aliphatic rings. The molecule has 0 fully saturated rings. The Morgan fingerprint density at radius 2 is 1.29 bits per heavy atom. The number of halogens is 4. The number of benzene rings is 2. The molecular weight excluding hydrogens is 280 g/mol. The van der Waals surface area contributed by atoms with E-state index in [1.807, 2.05) is 20.8 Å². The van der Waals surface area contributed by atoms with E-state index in [0.29, 0.717) is 16.7 Å². The van der Waals surface area contributed by atoms with Gasteiger partial charge in [-0.1, -0.05) is 39.0 Å². The van der Waals surface area contributed by atoms with Crippen LogP contribution in [0.4, 0.5) is 17.6 Å². The lowest BCUT2D eigenvalue weighted by molar-refractivity contribution is -0.137. The monoisotopic (exact) mass is 296 g/mol. The second-order valence-electron chi connectivity index (χ2n) is 6.02. The minimum atomic E-state index is -4.35. The van der Waals surface area contributed by atoms with Crippen LogP contribution in [0.25, 0.3) is 11.1 Å². The number of rotatable bonds is 1. The van der Waals surface area contributed by atoms with E-state index in [9.17, 15) is 17.6 Å². The third-order valence-corrected chi connectivity index (χ3v) is 3.32. The van der Waals surface area contributed by atoms with Gasteiger partial charge >= 0.3 is 6.18 Å². The molecule has 0 spiro atoms. The Morgan fingerprint density at radius 1 is 0.762 bits per heavy atom. The summed E-state index contributed by atoms with van der Waals surface area (Å²) in [5.41, 5.74) is 0.819. The topological polar surface area (TPSA) is 0 Å². The van der Waals surface area contributed by atoms with Crippen molar-refractivity contribution in [2.75, 3.05) is 0 Å². The fourth-order valence-corrected chi connectivity index (χ4v) is 2.13. The molecule has 0 nitrogen and oxygen atoms in total. The van der Waals surface area contributed by atoms with Crippen LogP contribution >= 0.6 is 0 Å². The lowest BCUT2D eigenvalue weighted by Gasteiger charge is -2.20. The van der Waals surface area contributed by atoms with Gasteiger partial charge in [-0.3, -0.25) is 0 Å². The summed E-state index contributed by atoms with van der Waals surface area (Å²) in [7, 11) is 0. The van der Waals surface area contributed by atoms with E-state index < -0.39 is 11.7 Å². The summed E-state index contributed by atoms with van der Waals surface area (Å²) in [6, 6.07) is 9.51. The van der Waals surface area contributed by atoms with Crippen molar-refractivity contribution in [1.29, 1.82) is 0 Å². The average Bonchev–Trinajstić information content (AvgIpc) is 2.37. The second kappa shape index (κ2) is 5.17. The second-order valence-corrected chi connectivity index (χ2v) is 6.02. The predicted octanol–water partition coefficient (Wildman–Crippen LogP) is 5.81. The van der Waals surface area contributed by atoms with Crippen molar-refractivity contribution in [2.24, 2.45) is 0 Å². The van der Waals surface area contributed by atoms with Gasteiger partial charge in [0.1, 0.15) is 5.82 Å². The standard InChI is InChI=1S/C17H16F4/c1-16(2,3)14-10-12(6-9-15(14)18)11-4-7-13(8-5-11)17(19,20)21/h4-10H,1-3H3. The van der Waals surface area contributed by atoms with Gasteiger partial charge in [-0.25, -0.2) is 4.39 Å². The van der Waals surface area contributed by atoms with Crippen molar-refractivity contribution < 1.29 is 17.6 Å². The molecule has 0 radical (unpaired) electrons. The molecule has 0 atom stereocenters. The van der Waals surface area contributed by atoms with Crippen LogP contribution in [0.3, 0.4) is 0 Å². The van der Waals surface area contributed by atoms with Crippen LogP contribution in [0.15, 0.2) is 42.5 Å². The molecule has 0 heterocycles. The van der Waals surface area contributed by atoms with Crippen molar-refractivity contribution in [1.82, 2.24) is 0 Å². The quantitative estimate of drug-likeness (QED) is 0.583. The van der Waals surface area contributed by atoms with E-state index in [0.717, 1.165) is 12.1 Å². The highest BCUT2D eigenvalue weighted by atomic mass is 19.4. The number of hydrogen-bond donors (Lipinski definition) is 0. The molecule has 0 amide bonds. The first kappa shape index (κ1) is 15.5. The SMILES string of the molecule is CC(C)(C)c1cc(-c2ccc(C(F)(F)F)cc2)ccc1F. The van der Waals surface area contributed by atoms with E-state index in [2.05, 4.69) is 0 Å². The summed E-state index contributed by atoms with van der Waals surface area (Å²) in [4.78, 5) is 0. The fourth-order valence-electron chi connectivity index (χ4n) is 2.13. The molecule has 0 saturated heterocycles. The van der Waals surface area contributed by atoms with Crippen LogP contribution in [0, 0.1) is 5.82 Å². The van der Waals surface area contributed by atoms with Crippen molar-refractivity contribution >= 4 is 0 Å². The maximum absolute atomic E-state index is 13.9. The van der Waals surface area contributed by atoms with Crippen molar-refractivity contribution in [2.45, 2.75) is 32.4 Å². The largest absolute Gasteiger partial charge is 0.416 e. The van der Waals surface area contributed by atoms with Gasteiger partial charge < -0.3 is 0 Å². The van der Waals surface area contributed by atoms with Crippen LogP contribution in [0.2, 0.25) is 0 Å². The molecule has 0 aliphatic carbocycles. The molecule has 2 aromatic rings. The van der Waals surface area contributed by atoms with E-state index in [1.54, 1.807) is 12.1 Å². The Bertz CT molecular complexity index is 631. The molecule has 2 rings (SSSR count). The zero-order valence-corrected chi connectivity index (χ0v) is 12.1. The van der Waals surface area contributed by atoms with Gasteiger partial charge in [0.2, 0.25) is 0 Å². The smallest absolute Gasteiger partial charge is 0.207 e. The molecule has 0 bridgehead atoms. The van der Waals surface area contributed by atoms with Crippen molar-refractivity contribution in [3.63, 3.8) is 0 Å². The van der Waals surface area contributed by atoms with Crippen LogP contribution in [0.1, 0.15) is 31.9 Å². The zero-order chi connectivity index (χ0) is 15.8. The lowest BCUT2D eigenvalue weighted by Crippen LogP contribution is -2.13. The van der Waals surface area contributed by atoms with E-state index in [-0.39, 0.29) is 11.2 Å². The Balaban J connectivity index is 2.44. The van der Waals surface area contributed by atoms with Crippen LogP contribution in [0.5, 0.6) is 0 Å². The summed E-state index contributed by atoms with van der Waals surface area (Å²) in [5, 5.41) is 0. The molecule has 2 aromatic carbocycles. The number of hydrogen-bond acceptors (Lipinski definition) is 0. The summed E-state index contributed by atoms with van der Waals surface area (Å²) < 4.78 is 51.5. The highest BCUT2D eigenvalue weighted by molar-refractivity contribution is 5.65. The van der Waals surface area contributed by atoms with Crippen LogP contribution in [-0.4, -0.2) is 0 Å². The van der Waals surface area contributed by atoms with Gasteiger partial charge in [-0.15, -0.1) is 0 Å². The Morgan fingerprint density at radius 3 is 1.76 bits per heavy atom. The van der Waals surface area contributed by atoms with E-state index >= 15 is 0 Å². The zero-order valence-electron chi connectivity index (χ0n) is 12.1. The maximum Gasteiger partial charge on any atom is 0.416 e. The first-order valence-corrected chi connectivity index (χ1v) is 6.57. The minimum absolute atomic E-state index is 0.307. The third kappa shape index (κ3) is 3.43. The molecular formula is C17H16F4. The van der Waals surface area contributed by atoms with Crippen molar-refractivity contribution in [3.05, 3.63) is 59.4 Å². The first-order valence-electron chi connectivity index (χ1n) is 6.57. The highest BCUT2D eigenvalue weighted by Crippen LogP contribution is 2.33. The lowest BCUT2D eigenvalue weighted by atomic mass is 9.85. The average molecular weight is 296 g/mol. The maximum atomic E-state index is 13.9. The summed E-state index contributed by atoms with van der Waals surface area (Å²) >= 11 is 0. The molecule has 0 N–H and O–H groups in total. The predicted molar refractivity (Wildman–Crippen MR) is 75.5 cm³/mol. The Hall–Kier alpha value is -1.84. The van der Waals surface area contributed by atoms with Gasteiger partial charge in [-0.2, -0.15) is 13.2 Å². The van der Waals surface area contributed by atoms with Gasteiger partial charge in [0.15, 0.2) is 0 Å². The molecule has 4 heteroatoms. The third-order valence-electron chi connectivity index (χ3n) is 3.32. The fraction of sp³-hybridized carbons (Fsp3) is 0.294. The molecule has 0 aromatic heterocycles. The summed E-state index contributed by atoms with van der Waals surface area (Å²) in [5.74, 6) is -0.307. The highest BCUT2D eigenvalue weighted by Gasteiger charge is 2.30. The van der Waals surface area contributed by atoms with Gasteiger partial charge in [-0.05, 0) is 46.4 Å². The van der Waals surface area contributed by atoms with Gasteiger partial charge in [0.25, 0.3) is 0 Å². The number of alkyl halides is 3. The van der Waals surface area contributed by atoms with E-state index in [1.165, 1.54) is 18.2 Å². The van der Waals surface area contributed by atoms with Crippen LogP contribution < -0.4 is 0 Å². The molecule has 0 unspecified atom stereocenters. The molecule has 112 valence electrons. The molecule has 0 aliphatic heterocycles. The minimum Gasteiger partial charge on any atom is -0.207 e. The molecule has 0 saturated carbocycles. The Kier molecular flexibility index (Phi) is 3.83. The van der Waals surface area contributed by atoms with Crippen molar-refractivity contribution in [3.8, 4) is 11.1 Å². The summed E-state index contributed by atoms with van der Waals surface area (Å²) in [6.45, 7) is 5.67. The summed E-state index contributed by atoms with van der Waals surface area (Å²) in [6.07, 6.45) is -4.35. The van der Waals surface area contributed by atoms with E-state index in [4.69, 9.17) is 0 Å². The van der Waals surface area contributed by atoms with Crippen LogP contribution in [-0.2, 0) is 11.6 Å². The normalized spacial score (nSPS) is 12.5. The molecule has 21 heavy (non-hydrogen) atoms. The Labute approximate surface area is 121 Å². The first-order chi connectivity index (χ1) is 9.59. The van der Waals surface area contributed by atoms with Gasteiger partial charge in [0, 0.05) is 0 Å².